The number of nitrogen functional groups attached to an aromatic ring is 1. The molecule has 0 unspecified atom stereocenters. The molecule has 0 spiro atoms. The predicted octanol–water partition coefficient (Wildman–Crippen LogP) is 2.82. The Morgan fingerprint density at radius 3 is 1.91 bits per heavy atom. The summed E-state index contributed by atoms with van der Waals surface area (Å²) in [5.41, 5.74) is 6.75. The van der Waals surface area contributed by atoms with E-state index in [1.54, 1.807) is 18.7 Å². The van der Waals surface area contributed by atoms with Crippen molar-refractivity contribution in [3.8, 4) is 0 Å². The van der Waals surface area contributed by atoms with Gasteiger partial charge in [0.25, 0.3) is 17.7 Å². The minimum absolute atomic E-state index is 0.0665. The van der Waals surface area contributed by atoms with Crippen LogP contribution < -0.4 is 11.1 Å². The lowest BCUT2D eigenvalue weighted by atomic mass is 9.75. The van der Waals surface area contributed by atoms with Crippen LogP contribution in [0.5, 0.6) is 0 Å². The summed E-state index contributed by atoms with van der Waals surface area (Å²) in [6, 6.07) is 29.1. The highest BCUT2D eigenvalue weighted by Gasteiger charge is 2.46. The second-order valence-corrected chi connectivity index (χ2v) is 14.6. The number of nitrogens with zero attached hydrogens (tertiary/aromatic N) is 6. The fraction of sp³-hybridized carbons (Fsp3) is 0.308. The van der Waals surface area contributed by atoms with E-state index >= 15 is 0 Å². The van der Waals surface area contributed by atoms with Gasteiger partial charge in [0.15, 0.2) is 10.8 Å². The van der Waals surface area contributed by atoms with E-state index in [0.717, 1.165) is 37.8 Å². The molecule has 55 heavy (non-hydrogen) atoms. The van der Waals surface area contributed by atoms with Gasteiger partial charge in [-0.25, -0.2) is 9.78 Å². The molecule has 5 amide bonds. The van der Waals surface area contributed by atoms with Crippen LogP contribution in [-0.2, 0) is 29.6 Å². The van der Waals surface area contributed by atoms with Crippen molar-refractivity contribution in [2.75, 3.05) is 52.0 Å². The molecule has 3 heterocycles. The van der Waals surface area contributed by atoms with Gasteiger partial charge in [0.1, 0.15) is 18.3 Å². The molecule has 0 bridgehead atoms. The molecule has 3 aromatic carbocycles. The van der Waals surface area contributed by atoms with Crippen molar-refractivity contribution in [1.29, 1.82) is 0 Å². The fourth-order valence-electron chi connectivity index (χ4n) is 6.92. The molecular formula is C39H42N8O7S. The van der Waals surface area contributed by atoms with Gasteiger partial charge < -0.3 is 30.8 Å². The average molecular weight is 767 g/mol. The maximum absolute atomic E-state index is 14.1. The molecule has 4 aromatic rings. The molecule has 286 valence electrons. The first-order chi connectivity index (χ1) is 26.3. The highest BCUT2D eigenvalue weighted by Crippen LogP contribution is 2.43. The van der Waals surface area contributed by atoms with E-state index in [1.165, 1.54) is 12.4 Å². The minimum atomic E-state index is -1.52. The molecular weight excluding hydrogens is 725 g/mol. The number of carbonyl (C=O) groups excluding carboxylic acids is 4. The summed E-state index contributed by atoms with van der Waals surface area (Å²) in [6.07, 6.45) is 0. The van der Waals surface area contributed by atoms with E-state index in [0.29, 0.717) is 26.2 Å². The summed E-state index contributed by atoms with van der Waals surface area (Å²) in [5, 5.41) is 17.2. The molecule has 6 rings (SSSR count). The third kappa shape index (κ3) is 7.91. The quantitative estimate of drug-likeness (QED) is 0.0837. The van der Waals surface area contributed by atoms with Crippen molar-refractivity contribution < 1.29 is 33.9 Å². The number of aromatic nitrogens is 1. The predicted molar refractivity (Wildman–Crippen MR) is 205 cm³/mol. The molecule has 2 aliphatic rings. The van der Waals surface area contributed by atoms with E-state index in [-0.39, 0.29) is 29.0 Å². The Labute approximate surface area is 322 Å². The van der Waals surface area contributed by atoms with Gasteiger partial charge in [-0.15, -0.1) is 11.3 Å². The number of thiazole rings is 1. The summed E-state index contributed by atoms with van der Waals surface area (Å²) in [4.78, 5) is 79.6. The first-order valence-corrected chi connectivity index (χ1v) is 18.5. The topological polar surface area (TPSA) is 191 Å². The number of nitrogens with one attached hydrogen (secondary N) is 1. The number of aliphatic carboxylic acids is 1. The highest BCUT2D eigenvalue weighted by atomic mass is 32.1. The Hall–Kier alpha value is -6.13. The number of hydrogen-bond acceptors (Lipinski definition) is 11. The number of carboxylic acids is 1. The van der Waals surface area contributed by atoms with Crippen molar-refractivity contribution in [1.82, 2.24) is 29.9 Å². The number of anilines is 1. The number of hydrogen-bond donors (Lipinski definition) is 3. The molecule has 1 atom stereocenters. The molecule has 2 saturated heterocycles. The van der Waals surface area contributed by atoms with Crippen molar-refractivity contribution in [3.63, 3.8) is 0 Å². The third-order valence-corrected chi connectivity index (χ3v) is 10.3. The van der Waals surface area contributed by atoms with E-state index in [1.807, 2.05) is 54.6 Å². The Balaban J connectivity index is 1.17. The lowest BCUT2D eigenvalue weighted by Crippen LogP contribution is -2.67. The number of carboxylic acid groups (broad SMARTS) is 1. The van der Waals surface area contributed by atoms with Gasteiger partial charge in [0.2, 0.25) is 5.60 Å². The smallest absolute Gasteiger partial charge is 0.327 e. The molecule has 4 N–H and O–H groups in total. The zero-order valence-corrected chi connectivity index (χ0v) is 31.4. The maximum atomic E-state index is 14.1. The van der Waals surface area contributed by atoms with Crippen LogP contribution in [0.15, 0.2) is 102 Å². The first kappa shape index (κ1) is 38.6. The molecule has 2 aliphatic heterocycles. The summed E-state index contributed by atoms with van der Waals surface area (Å²) in [6.45, 7) is 4.19. The fourth-order valence-corrected chi connectivity index (χ4v) is 7.47. The van der Waals surface area contributed by atoms with Crippen LogP contribution in [0.25, 0.3) is 0 Å². The van der Waals surface area contributed by atoms with Gasteiger partial charge in [0, 0.05) is 38.6 Å². The van der Waals surface area contributed by atoms with Crippen LogP contribution in [0.2, 0.25) is 0 Å². The largest absolute Gasteiger partial charge is 0.480 e. The van der Waals surface area contributed by atoms with Crippen LogP contribution in [-0.4, -0.2) is 123 Å². The number of piperazine rings is 1. The second-order valence-electron chi connectivity index (χ2n) is 13.7. The number of amides is 5. The highest BCUT2D eigenvalue weighted by molar-refractivity contribution is 7.13. The number of oxime groups is 1. The summed E-state index contributed by atoms with van der Waals surface area (Å²) in [7, 11) is 1.25. The standard InChI is InChI=1S/C39H42N8O7S/c1-38(2,54-43-32(30-25-55-36(40)42-30)33(50)41-29-23-47(34(29)51)37(53)44(3)24-31(48)49)35(52)45-19-21-46(22-20-45)39(26-13-7-4-8-14-26,27-15-9-5-10-16-27)28-17-11-6-12-18-28/h4-18,25,29H,19-24H2,1-3H3,(H2,40,42)(H,41,50)(H,48,49)/t29-/m0/s1. The van der Waals surface area contributed by atoms with Gasteiger partial charge in [-0.1, -0.05) is 96.2 Å². The van der Waals surface area contributed by atoms with E-state index in [4.69, 9.17) is 15.7 Å². The average Bonchev–Trinajstić information content (AvgIpc) is 3.62. The van der Waals surface area contributed by atoms with Gasteiger partial charge in [-0.2, -0.15) is 0 Å². The van der Waals surface area contributed by atoms with Gasteiger partial charge >= 0.3 is 12.0 Å². The number of β-lactam (4-membered cyclic amide) rings is 1. The van der Waals surface area contributed by atoms with Crippen LogP contribution >= 0.6 is 11.3 Å². The van der Waals surface area contributed by atoms with Crippen molar-refractivity contribution in [2.24, 2.45) is 5.16 Å². The normalized spacial score (nSPS) is 16.6. The number of imide groups is 1. The first-order valence-electron chi connectivity index (χ1n) is 17.6. The molecule has 0 saturated carbocycles. The van der Waals surface area contributed by atoms with Crippen molar-refractivity contribution in [2.45, 2.75) is 31.0 Å². The molecule has 0 radical (unpaired) electrons. The van der Waals surface area contributed by atoms with Gasteiger partial charge in [-0.05, 0) is 30.5 Å². The Bertz CT molecular complexity index is 1970. The number of rotatable bonds is 12. The van der Waals surface area contributed by atoms with Crippen LogP contribution in [0.3, 0.4) is 0 Å². The van der Waals surface area contributed by atoms with E-state index in [2.05, 4.69) is 56.8 Å². The Kier molecular flexibility index (Phi) is 11.3. The van der Waals surface area contributed by atoms with Crippen molar-refractivity contribution in [3.05, 3.63) is 119 Å². The van der Waals surface area contributed by atoms with E-state index < -0.39 is 47.5 Å². The molecule has 15 nitrogen and oxygen atoms in total. The van der Waals surface area contributed by atoms with Gasteiger partial charge in [-0.3, -0.25) is 29.0 Å². The number of urea groups is 1. The van der Waals surface area contributed by atoms with Crippen LogP contribution in [0, 0.1) is 0 Å². The Morgan fingerprint density at radius 2 is 1.45 bits per heavy atom. The molecule has 0 aliphatic carbocycles. The summed E-state index contributed by atoms with van der Waals surface area (Å²) < 4.78 is 0. The third-order valence-electron chi connectivity index (χ3n) is 9.64. The van der Waals surface area contributed by atoms with E-state index in [9.17, 15) is 24.0 Å². The number of likely N-dealkylation sites (N-methyl/N-ethyl adjacent to an activating group) is 1. The lowest BCUT2D eigenvalue weighted by molar-refractivity contribution is -0.156. The zero-order chi connectivity index (χ0) is 39.3. The zero-order valence-electron chi connectivity index (χ0n) is 30.6. The maximum Gasteiger partial charge on any atom is 0.327 e. The Morgan fingerprint density at radius 1 is 0.927 bits per heavy atom. The minimum Gasteiger partial charge on any atom is -0.480 e. The summed E-state index contributed by atoms with van der Waals surface area (Å²) in [5.74, 6) is -3.14. The van der Waals surface area contributed by atoms with Crippen LogP contribution in [0.1, 0.15) is 36.2 Å². The molecule has 2 fully saturated rings. The summed E-state index contributed by atoms with van der Waals surface area (Å²) >= 11 is 1.06. The molecule has 1 aromatic heterocycles. The monoisotopic (exact) mass is 766 g/mol. The van der Waals surface area contributed by atoms with Crippen molar-refractivity contribution >= 4 is 51.9 Å². The SMILES string of the molecule is CN(CC(=O)O)C(=O)N1C[C@H](NC(=O)C(=NOC(C)(C)C(=O)N2CCN(C(c3ccccc3)(c3ccccc3)c3ccccc3)CC2)c2csc(N)n2)C1=O. The van der Waals surface area contributed by atoms with Gasteiger partial charge in [0.05, 0.1) is 12.1 Å². The van der Waals surface area contributed by atoms with Crippen LogP contribution in [0.4, 0.5) is 9.93 Å². The second kappa shape index (κ2) is 16.1. The molecule has 16 heteroatoms. The number of benzene rings is 3. The number of nitrogens with two attached hydrogens (primary N) is 1. The lowest BCUT2D eigenvalue weighted by Gasteiger charge is -2.49. The number of likely N-dealkylation sites (tertiary alicyclic amines) is 1. The number of carbonyl (C=O) groups is 5.